The van der Waals surface area contributed by atoms with Gasteiger partial charge in [0.25, 0.3) is 0 Å². The first kappa shape index (κ1) is 16.0. The van der Waals surface area contributed by atoms with E-state index in [4.69, 9.17) is 4.74 Å². The van der Waals surface area contributed by atoms with Crippen LogP contribution in [0.5, 0.6) is 5.75 Å². The van der Waals surface area contributed by atoms with Gasteiger partial charge in [-0.2, -0.15) is 0 Å². The summed E-state index contributed by atoms with van der Waals surface area (Å²) in [5.74, 6) is 0.953. The van der Waals surface area contributed by atoms with Gasteiger partial charge < -0.3 is 4.74 Å². The molecule has 2 aromatic rings. The van der Waals surface area contributed by atoms with Gasteiger partial charge in [-0.15, -0.1) is 0 Å². The van der Waals surface area contributed by atoms with E-state index in [1.54, 1.807) is 14.0 Å². The molecule has 2 rings (SSSR count). The van der Waals surface area contributed by atoms with Crippen molar-refractivity contribution < 1.29 is 9.53 Å². The zero-order valence-corrected chi connectivity index (χ0v) is 13.4. The van der Waals surface area contributed by atoms with Crippen LogP contribution in [0.3, 0.4) is 0 Å². The number of carbonyl (C=O) groups is 1. The largest absolute Gasteiger partial charge is 0.497 e. The summed E-state index contributed by atoms with van der Waals surface area (Å²) in [5.41, 5.74) is 2.65. The van der Waals surface area contributed by atoms with E-state index < -0.39 is 5.41 Å². The highest BCUT2D eigenvalue weighted by atomic mass is 16.5. The molecule has 0 aliphatic carbocycles. The molecule has 0 saturated heterocycles. The van der Waals surface area contributed by atoms with Gasteiger partial charge in [0, 0.05) is 11.8 Å². The van der Waals surface area contributed by atoms with Gasteiger partial charge in [-0.3, -0.25) is 4.79 Å². The molecule has 22 heavy (non-hydrogen) atoms. The molecule has 114 valence electrons. The molecule has 0 amide bonds. The van der Waals surface area contributed by atoms with Crippen molar-refractivity contribution in [3.05, 3.63) is 72.3 Å². The standard InChI is InChI=1S/C20H22O2/c1-15(21)14-20(3,16(2)17-8-6-5-7-9-17)18-10-12-19(22-4)13-11-18/h5-13H,2,14H2,1,3-4H3/t20-/m1/s1. The first-order chi connectivity index (χ1) is 10.5. The summed E-state index contributed by atoms with van der Waals surface area (Å²) in [6, 6.07) is 17.9. The Morgan fingerprint density at radius 1 is 1.09 bits per heavy atom. The summed E-state index contributed by atoms with van der Waals surface area (Å²) < 4.78 is 5.22. The Morgan fingerprint density at radius 2 is 1.68 bits per heavy atom. The van der Waals surface area contributed by atoms with Crippen LogP contribution >= 0.6 is 0 Å². The number of allylic oxidation sites excluding steroid dienone is 1. The molecule has 0 aromatic heterocycles. The molecule has 2 heteroatoms. The van der Waals surface area contributed by atoms with E-state index in [1.165, 1.54) is 0 Å². The monoisotopic (exact) mass is 294 g/mol. The fourth-order valence-electron chi connectivity index (χ4n) is 2.80. The Labute approximate surface area is 132 Å². The van der Waals surface area contributed by atoms with Gasteiger partial charge in [0.05, 0.1) is 7.11 Å². The number of ketones is 1. The number of hydrogen-bond acceptors (Lipinski definition) is 2. The minimum absolute atomic E-state index is 0.149. The molecule has 0 aliphatic heterocycles. The highest BCUT2D eigenvalue weighted by molar-refractivity contribution is 5.84. The number of carbonyl (C=O) groups excluding carboxylic acids is 1. The first-order valence-corrected chi connectivity index (χ1v) is 7.36. The van der Waals surface area contributed by atoms with Crippen molar-refractivity contribution in [2.45, 2.75) is 25.7 Å². The molecule has 0 spiro atoms. The molecular weight excluding hydrogens is 272 g/mol. The maximum absolute atomic E-state index is 11.8. The predicted octanol–water partition coefficient (Wildman–Crippen LogP) is 4.65. The van der Waals surface area contributed by atoms with Crippen molar-refractivity contribution >= 4 is 11.4 Å². The molecule has 2 aromatic carbocycles. The fraction of sp³-hybridized carbons (Fsp3) is 0.250. The summed E-state index contributed by atoms with van der Waals surface area (Å²) in [5, 5.41) is 0. The van der Waals surface area contributed by atoms with Crippen molar-refractivity contribution in [2.24, 2.45) is 0 Å². The lowest BCUT2D eigenvalue weighted by Gasteiger charge is -2.32. The average Bonchev–Trinajstić information content (AvgIpc) is 2.54. The number of rotatable bonds is 6. The summed E-state index contributed by atoms with van der Waals surface area (Å²) in [7, 11) is 1.65. The lowest BCUT2D eigenvalue weighted by molar-refractivity contribution is -0.117. The van der Waals surface area contributed by atoms with Crippen molar-refractivity contribution in [1.82, 2.24) is 0 Å². The zero-order valence-electron chi connectivity index (χ0n) is 13.4. The van der Waals surface area contributed by atoms with E-state index in [1.807, 2.05) is 54.6 Å². The second-order valence-corrected chi connectivity index (χ2v) is 5.78. The maximum atomic E-state index is 11.8. The summed E-state index contributed by atoms with van der Waals surface area (Å²) in [6.07, 6.45) is 0.424. The maximum Gasteiger partial charge on any atom is 0.131 e. The first-order valence-electron chi connectivity index (χ1n) is 7.36. The molecule has 0 radical (unpaired) electrons. The van der Waals surface area contributed by atoms with Crippen molar-refractivity contribution in [3.8, 4) is 5.75 Å². The van der Waals surface area contributed by atoms with Crippen molar-refractivity contribution in [2.75, 3.05) is 7.11 Å². The van der Waals surface area contributed by atoms with Gasteiger partial charge in [-0.1, -0.05) is 56.0 Å². The lowest BCUT2D eigenvalue weighted by atomic mass is 9.71. The summed E-state index contributed by atoms with van der Waals surface area (Å²) in [4.78, 5) is 11.8. The molecule has 0 heterocycles. The molecule has 0 bridgehead atoms. The number of benzene rings is 2. The van der Waals surface area contributed by atoms with Crippen molar-refractivity contribution in [3.63, 3.8) is 0 Å². The van der Waals surface area contributed by atoms with E-state index in [0.717, 1.165) is 22.4 Å². The number of ether oxygens (including phenoxy) is 1. The van der Waals surface area contributed by atoms with Crippen LogP contribution in [0.4, 0.5) is 0 Å². The van der Waals surface area contributed by atoms with Gasteiger partial charge in [0.2, 0.25) is 0 Å². The van der Waals surface area contributed by atoms with Crippen molar-refractivity contribution in [1.29, 1.82) is 0 Å². The minimum atomic E-state index is -0.431. The Morgan fingerprint density at radius 3 is 2.18 bits per heavy atom. The van der Waals surface area contributed by atoms with Gasteiger partial charge in [-0.05, 0) is 35.8 Å². The van der Waals surface area contributed by atoms with Crippen LogP contribution < -0.4 is 4.74 Å². The van der Waals surface area contributed by atoms with Gasteiger partial charge in [0.15, 0.2) is 0 Å². The van der Waals surface area contributed by atoms with Crippen LogP contribution in [0.15, 0.2) is 61.2 Å². The highest BCUT2D eigenvalue weighted by Gasteiger charge is 2.32. The van der Waals surface area contributed by atoms with E-state index in [2.05, 4.69) is 13.5 Å². The second-order valence-electron chi connectivity index (χ2n) is 5.78. The molecule has 0 aliphatic rings. The quantitative estimate of drug-likeness (QED) is 0.775. The molecule has 0 fully saturated rings. The Hall–Kier alpha value is -2.35. The average molecular weight is 294 g/mol. The van der Waals surface area contributed by atoms with Crippen LogP contribution in [-0.2, 0) is 10.2 Å². The molecule has 1 atom stereocenters. The number of Topliss-reactive ketones (excluding diaryl/α,β-unsaturated/α-hetero) is 1. The van der Waals surface area contributed by atoms with E-state index >= 15 is 0 Å². The lowest BCUT2D eigenvalue weighted by Crippen LogP contribution is -2.26. The molecule has 0 unspecified atom stereocenters. The molecular formula is C20H22O2. The molecule has 0 saturated carbocycles. The van der Waals surface area contributed by atoms with E-state index in [9.17, 15) is 4.79 Å². The second kappa shape index (κ2) is 6.61. The molecule has 2 nitrogen and oxygen atoms in total. The third kappa shape index (κ3) is 3.28. The third-order valence-electron chi connectivity index (χ3n) is 4.12. The number of hydrogen-bond donors (Lipinski definition) is 0. The minimum Gasteiger partial charge on any atom is -0.497 e. The summed E-state index contributed by atoms with van der Waals surface area (Å²) >= 11 is 0. The van der Waals surface area contributed by atoms with Gasteiger partial charge in [-0.25, -0.2) is 0 Å². The van der Waals surface area contributed by atoms with Gasteiger partial charge in [0.1, 0.15) is 11.5 Å². The van der Waals surface area contributed by atoms with Crippen LogP contribution in [0, 0.1) is 0 Å². The third-order valence-corrected chi connectivity index (χ3v) is 4.12. The Kier molecular flexibility index (Phi) is 4.81. The van der Waals surface area contributed by atoms with Gasteiger partial charge >= 0.3 is 0 Å². The van der Waals surface area contributed by atoms with Crippen LogP contribution in [0.2, 0.25) is 0 Å². The SMILES string of the molecule is C=C(c1ccccc1)[C@@](C)(CC(C)=O)c1ccc(OC)cc1. The normalized spacial score (nSPS) is 13.2. The number of methoxy groups -OCH3 is 1. The van der Waals surface area contributed by atoms with E-state index in [0.29, 0.717) is 6.42 Å². The smallest absolute Gasteiger partial charge is 0.131 e. The van der Waals surface area contributed by atoms with Crippen LogP contribution in [0.25, 0.3) is 5.57 Å². The van der Waals surface area contributed by atoms with E-state index in [-0.39, 0.29) is 5.78 Å². The Balaban J connectivity index is 2.46. The van der Waals surface area contributed by atoms with Crippen LogP contribution in [0.1, 0.15) is 31.4 Å². The topological polar surface area (TPSA) is 26.3 Å². The van der Waals surface area contributed by atoms with Crippen LogP contribution in [-0.4, -0.2) is 12.9 Å². The predicted molar refractivity (Wildman–Crippen MR) is 91.1 cm³/mol. The highest BCUT2D eigenvalue weighted by Crippen LogP contribution is 2.40. The molecule has 0 N–H and O–H groups in total. The zero-order chi connectivity index (χ0) is 16.2. The summed E-state index contributed by atoms with van der Waals surface area (Å²) in [6.45, 7) is 7.99. The Bertz CT molecular complexity index is 656. The fourth-order valence-corrected chi connectivity index (χ4v) is 2.80.